The van der Waals surface area contributed by atoms with Crippen LogP contribution in [0.3, 0.4) is 0 Å². The van der Waals surface area contributed by atoms with Crippen molar-refractivity contribution in [2.24, 2.45) is 5.92 Å². The van der Waals surface area contributed by atoms with Crippen molar-refractivity contribution in [1.82, 2.24) is 5.32 Å². The van der Waals surface area contributed by atoms with Crippen molar-refractivity contribution in [3.63, 3.8) is 0 Å². The van der Waals surface area contributed by atoms with E-state index in [9.17, 15) is 14.7 Å². The molecule has 1 heterocycles. The van der Waals surface area contributed by atoms with Crippen molar-refractivity contribution >= 4 is 23.6 Å². The smallest absolute Gasteiger partial charge is 0.330 e. The zero-order valence-corrected chi connectivity index (χ0v) is 13.2. The van der Waals surface area contributed by atoms with Gasteiger partial charge in [0, 0.05) is 5.92 Å². The number of amides is 1. The number of hydrogen-bond acceptors (Lipinski definition) is 3. The lowest BCUT2D eigenvalue weighted by molar-refractivity contribution is -0.142. The summed E-state index contributed by atoms with van der Waals surface area (Å²) in [5, 5.41) is 12.1. The van der Waals surface area contributed by atoms with Crippen LogP contribution in [0.1, 0.15) is 35.6 Å². The molecule has 1 atom stereocenters. The standard InChI is InChI=1S/C16H21NO3S/c1-10-7-11(2)9-13(8-10)14(16(19)20)17-15(18)12-3-5-21-6-4-12/h7-9,12,14H,3-6H2,1-2H3,(H,17,18)(H,19,20). The largest absolute Gasteiger partial charge is 0.479 e. The third-order valence-corrected chi connectivity index (χ3v) is 4.75. The number of aliphatic carboxylic acids is 1. The molecule has 0 saturated carbocycles. The van der Waals surface area contributed by atoms with E-state index in [4.69, 9.17) is 0 Å². The fourth-order valence-electron chi connectivity index (χ4n) is 2.68. The summed E-state index contributed by atoms with van der Waals surface area (Å²) in [6, 6.07) is 4.67. The van der Waals surface area contributed by atoms with Gasteiger partial charge in [-0.05, 0) is 43.8 Å². The lowest BCUT2D eigenvalue weighted by Crippen LogP contribution is -2.39. The fraction of sp³-hybridized carbons (Fsp3) is 0.500. The van der Waals surface area contributed by atoms with Gasteiger partial charge in [-0.15, -0.1) is 0 Å². The second-order valence-electron chi connectivity index (χ2n) is 5.59. The molecule has 114 valence electrons. The SMILES string of the molecule is Cc1cc(C)cc(C(NC(=O)C2CCSCC2)C(=O)O)c1. The molecule has 1 amide bonds. The van der Waals surface area contributed by atoms with Gasteiger partial charge in [0.25, 0.3) is 0 Å². The molecular formula is C16H21NO3S. The molecule has 1 saturated heterocycles. The maximum atomic E-state index is 12.3. The van der Waals surface area contributed by atoms with E-state index in [2.05, 4.69) is 5.32 Å². The molecule has 0 aliphatic carbocycles. The Hall–Kier alpha value is -1.49. The number of benzene rings is 1. The van der Waals surface area contributed by atoms with Gasteiger partial charge < -0.3 is 10.4 Å². The van der Waals surface area contributed by atoms with E-state index >= 15 is 0 Å². The molecule has 5 heteroatoms. The second kappa shape index (κ2) is 6.98. The van der Waals surface area contributed by atoms with Crippen molar-refractivity contribution in [2.45, 2.75) is 32.7 Å². The van der Waals surface area contributed by atoms with Gasteiger partial charge in [0.2, 0.25) is 5.91 Å². The van der Waals surface area contributed by atoms with Crippen LogP contribution in [-0.4, -0.2) is 28.5 Å². The molecular weight excluding hydrogens is 286 g/mol. The molecule has 2 N–H and O–H groups in total. The lowest BCUT2D eigenvalue weighted by atomic mass is 9.98. The normalized spacial score (nSPS) is 17.2. The number of thioether (sulfide) groups is 1. The molecule has 4 nitrogen and oxygen atoms in total. The molecule has 1 aromatic rings. The number of nitrogens with one attached hydrogen (secondary N) is 1. The zero-order valence-electron chi connectivity index (χ0n) is 12.4. The number of carbonyl (C=O) groups is 2. The number of rotatable bonds is 4. The van der Waals surface area contributed by atoms with E-state index in [0.717, 1.165) is 35.5 Å². The first-order valence-corrected chi connectivity index (χ1v) is 8.32. The minimum Gasteiger partial charge on any atom is -0.479 e. The molecule has 1 aliphatic rings. The summed E-state index contributed by atoms with van der Waals surface area (Å²) in [5.74, 6) is 0.734. The van der Waals surface area contributed by atoms with Crippen LogP contribution in [0.2, 0.25) is 0 Å². The first-order chi connectivity index (χ1) is 9.97. The first kappa shape index (κ1) is 15.9. The maximum absolute atomic E-state index is 12.3. The third-order valence-electron chi connectivity index (χ3n) is 3.70. The van der Waals surface area contributed by atoms with E-state index < -0.39 is 12.0 Å². The summed E-state index contributed by atoms with van der Waals surface area (Å²) in [4.78, 5) is 23.8. The minimum absolute atomic E-state index is 0.0565. The Kier molecular flexibility index (Phi) is 5.28. The van der Waals surface area contributed by atoms with Gasteiger partial charge in [-0.3, -0.25) is 4.79 Å². The summed E-state index contributed by atoms with van der Waals surface area (Å²) in [5.41, 5.74) is 2.64. The summed E-state index contributed by atoms with van der Waals surface area (Å²) >= 11 is 1.85. The van der Waals surface area contributed by atoms with Crippen LogP contribution in [0.15, 0.2) is 18.2 Å². The topological polar surface area (TPSA) is 66.4 Å². The zero-order chi connectivity index (χ0) is 15.4. The molecule has 0 spiro atoms. The van der Waals surface area contributed by atoms with Gasteiger partial charge >= 0.3 is 5.97 Å². The van der Waals surface area contributed by atoms with Crippen molar-refractivity contribution in [3.05, 3.63) is 34.9 Å². The van der Waals surface area contributed by atoms with Gasteiger partial charge in [-0.1, -0.05) is 29.3 Å². The molecule has 0 bridgehead atoms. The van der Waals surface area contributed by atoms with Crippen molar-refractivity contribution in [2.75, 3.05) is 11.5 Å². The minimum atomic E-state index is -1.02. The van der Waals surface area contributed by atoms with Crippen molar-refractivity contribution in [3.8, 4) is 0 Å². The Labute approximate surface area is 129 Å². The van der Waals surface area contributed by atoms with Crippen LogP contribution < -0.4 is 5.32 Å². The quantitative estimate of drug-likeness (QED) is 0.897. The van der Waals surface area contributed by atoms with Gasteiger partial charge in [-0.25, -0.2) is 4.79 Å². The van der Waals surface area contributed by atoms with Crippen molar-refractivity contribution in [1.29, 1.82) is 0 Å². The van der Waals surface area contributed by atoms with Crippen LogP contribution >= 0.6 is 11.8 Å². The molecule has 1 aliphatic heterocycles. The van der Waals surface area contributed by atoms with Gasteiger partial charge in [0.15, 0.2) is 6.04 Å². The number of carboxylic acids is 1. The third kappa shape index (κ3) is 4.24. The Bertz CT molecular complexity index is 518. The van der Waals surface area contributed by atoms with Gasteiger partial charge in [-0.2, -0.15) is 11.8 Å². The number of aryl methyl sites for hydroxylation is 2. The summed E-state index contributed by atoms with van der Waals surface area (Å²) in [7, 11) is 0. The summed E-state index contributed by atoms with van der Waals surface area (Å²) in [6.07, 6.45) is 1.66. The highest BCUT2D eigenvalue weighted by Crippen LogP contribution is 2.24. The molecule has 1 unspecified atom stereocenters. The molecule has 2 rings (SSSR count). The average molecular weight is 307 g/mol. The number of carbonyl (C=O) groups excluding carboxylic acids is 1. The lowest BCUT2D eigenvalue weighted by Gasteiger charge is -2.23. The van der Waals surface area contributed by atoms with Crippen LogP contribution in [0.25, 0.3) is 0 Å². The monoisotopic (exact) mass is 307 g/mol. The number of hydrogen-bond donors (Lipinski definition) is 2. The highest BCUT2D eigenvalue weighted by atomic mass is 32.2. The Morgan fingerprint density at radius 1 is 1.19 bits per heavy atom. The highest BCUT2D eigenvalue weighted by Gasteiger charge is 2.27. The van der Waals surface area contributed by atoms with Crippen LogP contribution in [-0.2, 0) is 9.59 Å². The van der Waals surface area contributed by atoms with Gasteiger partial charge in [0.05, 0.1) is 0 Å². The predicted octanol–water partition coefficient (Wildman–Crippen LogP) is 2.69. The van der Waals surface area contributed by atoms with Crippen molar-refractivity contribution < 1.29 is 14.7 Å². The summed E-state index contributed by atoms with van der Waals surface area (Å²) in [6.45, 7) is 3.85. The molecule has 21 heavy (non-hydrogen) atoms. The summed E-state index contributed by atoms with van der Waals surface area (Å²) < 4.78 is 0. The maximum Gasteiger partial charge on any atom is 0.330 e. The molecule has 1 aromatic carbocycles. The van der Waals surface area contributed by atoms with E-state index in [-0.39, 0.29) is 11.8 Å². The Morgan fingerprint density at radius 2 is 1.76 bits per heavy atom. The Morgan fingerprint density at radius 3 is 2.29 bits per heavy atom. The van der Waals surface area contributed by atoms with E-state index in [0.29, 0.717) is 5.56 Å². The second-order valence-corrected chi connectivity index (χ2v) is 6.81. The van der Waals surface area contributed by atoms with Gasteiger partial charge in [0.1, 0.15) is 0 Å². The van der Waals surface area contributed by atoms with E-state index in [1.165, 1.54) is 0 Å². The first-order valence-electron chi connectivity index (χ1n) is 7.16. The predicted molar refractivity (Wildman–Crippen MR) is 84.5 cm³/mol. The van der Waals surface area contributed by atoms with Crippen LogP contribution in [0, 0.1) is 19.8 Å². The Balaban J connectivity index is 2.15. The van der Waals surface area contributed by atoms with E-state index in [1.807, 2.05) is 43.8 Å². The molecule has 0 aromatic heterocycles. The molecule has 1 fully saturated rings. The van der Waals surface area contributed by atoms with Crippen LogP contribution in [0.5, 0.6) is 0 Å². The van der Waals surface area contributed by atoms with Crippen LogP contribution in [0.4, 0.5) is 0 Å². The highest BCUT2D eigenvalue weighted by molar-refractivity contribution is 7.99. The molecule has 0 radical (unpaired) electrons. The fourth-order valence-corrected chi connectivity index (χ4v) is 3.79. The number of carboxylic acid groups (broad SMARTS) is 1. The van der Waals surface area contributed by atoms with E-state index in [1.54, 1.807) is 0 Å². The average Bonchev–Trinajstić information content (AvgIpc) is 2.44.